The van der Waals surface area contributed by atoms with Crippen molar-refractivity contribution in [3.63, 3.8) is 0 Å². The average molecular weight is 401 g/mol. The minimum absolute atomic E-state index is 0.236. The molecule has 9 nitrogen and oxygen atoms in total. The number of hydrogen-bond acceptors (Lipinski definition) is 8. The van der Waals surface area contributed by atoms with E-state index in [-0.39, 0.29) is 11.6 Å². The van der Waals surface area contributed by atoms with E-state index < -0.39 is 0 Å². The number of nitrogens with zero attached hydrogens (tertiary/aromatic N) is 4. The van der Waals surface area contributed by atoms with Crippen LogP contribution in [-0.4, -0.2) is 39.3 Å². The number of benzene rings is 1. The standard InChI is InChI=1S/C21H19N7O2/c29-21(17-14-18(30-28-17)15-4-2-1-3-5-15)24-13-12-23-19-6-7-20(27-26-19)25-16-8-10-22-11-9-16/h1-11,14H,12-13H2,(H,23,26)(H,24,29)(H,22,25,27). The zero-order chi connectivity index (χ0) is 20.6. The molecule has 3 heterocycles. The maximum Gasteiger partial charge on any atom is 0.273 e. The molecule has 3 N–H and O–H groups in total. The van der Waals surface area contributed by atoms with Crippen molar-refractivity contribution in [2.24, 2.45) is 0 Å². The molecule has 1 aromatic carbocycles. The fraction of sp³-hybridized carbons (Fsp3) is 0.0952. The molecule has 0 aliphatic rings. The summed E-state index contributed by atoms with van der Waals surface area (Å²) in [6.07, 6.45) is 3.39. The second-order valence-corrected chi connectivity index (χ2v) is 6.29. The Balaban J connectivity index is 1.22. The molecule has 0 saturated carbocycles. The average Bonchev–Trinajstić information content (AvgIpc) is 3.30. The monoisotopic (exact) mass is 401 g/mol. The summed E-state index contributed by atoms with van der Waals surface area (Å²) in [5, 5.41) is 21.1. The molecule has 0 unspecified atom stereocenters. The van der Waals surface area contributed by atoms with Gasteiger partial charge in [-0.3, -0.25) is 9.78 Å². The minimum atomic E-state index is -0.300. The van der Waals surface area contributed by atoms with Crippen molar-refractivity contribution < 1.29 is 9.32 Å². The molecule has 150 valence electrons. The van der Waals surface area contributed by atoms with Crippen molar-refractivity contribution in [3.8, 4) is 11.3 Å². The highest BCUT2D eigenvalue weighted by molar-refractivity contribution is 5.93. The molecule has 0 spiro atoms. The molecular formula is C21H19N7O2. The van der Waals surface area contributed by atoms with Gasteiger partial charge in [0.05, 0.1) is 0 Å². The Morgan fingerprint density at radius 1 is 0.900 bits per heavy atom. The Hall–Kier alpha value is -4.27. The predicted octanol–water partition coefficient (Wildman–Crippen LogP) is 3.11. The van der Waals surface area contributed by atoms with Gasteiger partial charge in [-0.1, -0.05) is 35.5 Å². The van der Waals surface area contributed by atoms with Gasteiger partial charge in [-0.05, 0) is 24.3 Å². The van der Waals surface area contributed by atoms with E-state index in [4.69, 9.17) is 4.52 Å². The first-order valence-corrected chi connectivity index (χ1v) is 9.33. The largest absolute Gasteiger partial charge is 0.367 e. The Kier molecular flexibility index (Phi) is 5.90. The third-order valence-corrected chi connectivity index (χ3v) is 4.14. The molecule has 4 rings (SSSR count). The van der Waals surface area contributed by atoms with Gasteiger partial charge in [0, 0.05) is 42.8 Å². The zero-order valence-electron chi connectivity index (χ0n) is 15.9. The second kappa shape index (κ2) is 9.28. The van der Waals surface area contributed by atoms with E-state index in [1.807, 2.05) is 54.6 Å². The lowest BCUT2D eigenvalue weighted by Crippen LogP contribution is -2.29. The summed E-state index contributed by atoms with van der Waals surface area (Å²) in [6.45, 7) is 0.881. The lowest BCUT2D eigenvalue weighted by molar-refractivity contribution is 0.0946. The van der Waals surface area contributed by atoms with Crippen LogP contribution in [0.2, 0.25) is 0 Å². The number of carbonyl (C=O) groups excluding carboxylic acids is 1. The number of carbonyl (C=O) groups is 1. The van der Waals surface area contributed by atoms with Crippen molar-refractivity contribution in [1.29, 1.82) is 0 Å². The van der Waals surface area contributed by atoms with Crippen LogP contribution < -0.4 is 16.0 Å². The van der Waals surface area contributed by atoms with Crippen molar-refractivity contribution in [2.45, 2.75) is 0 Å². The number of amides is 1. The lowest BCUT2D eigenvalue weighted by Gasteiger charge is -2.07. The quantitative estimate of drug-likeness (QED) is 0.386. The molecule has 0 radical (unpaired) electrons. The first-order valence-electron chi connectivity index (χ1n) is 9.33. The van der Waals surface area contributed by atoms with E-state index >= 15 is 0 Å². The third kappa shape index (κ3) is 4.96. The molecule has 0 bridgehead atoms. The Labute approximate surface area is 172 Å². The summed E-state index contributed by atoms with van der Waals surface area (Å²) < 4.78 is 5.25. The summed E-state index contributed by atoms with van der Waals surface area (Å²) in [7, 11) is 0. The zero-order valence-corrected chi connectivity index (χ0v) is 15.9. The number of anilines is 3. The molecule has 0 aliphatic carbocycles. The van der Waals surface area contributed by atoms with E-state index in [0.29, 0.717) is 30.5 Å². The molecule has 3 aromatic heterocycles. The van der Waals surface area contributed by atoms with E-state index in [2.05, 4.69) is 36.3 Å². The van der Waals surface area contributed by atoms with Gasteiger partial charge in [-0.2, -0.15) is 0 Å². The van der Waals surface area contributed by atoms with Crippen LogP contribution in [0.25, 0.3) is 11.3 Å². The van der Waals surface area contributed by atoms with Crippen LogP contribution in [0.1, 0.15) is 10.5 Å². The first kappa shape index (κ1) is 19.1. The van der Waals surface area contributed by atoms with Crippen LogP contribution in [0.4, 0.5) is 17.3 Å². The van der Waals surface area contributed by atoms with Gasteiger partial charge in [0.2, 0.25) is 0 Å². The fourth-order valence-electron chi connectivity index (χ4n) is 2.65. The van der Waals surface area contributed by atoms with Crippen LogP contribution in [0.15, 0.2) is 77.6 Å². The van der Waals surface area contributed by atoms with E-state index in [9.17, 15) is 4.79 Å². The number of rotatable bonds is 8. The highest BCUT2D eigenvalue weighted by Crippen LogP contribution is 2.19. The minimum Gasteiger partial charge on any atom is -0.367 e. The number of pyridine rings is 1. The first-order chi connectivity index (χ1) is 14.8. The smallest absolute Gasteiger partial charge is 0.273 e. The van der Waals surface area contributed by atoms with Crippen LogP contribution in [0.3, 0.4) is 0 Å². The van der Waals surface area contributed by atoms with E-state index in [1.54, 1.807) is 18.5 Å². The molecule has 1 amide bonds. The Morgan fingerprint density at radius 2 is 1.67 bits per heavy atom. The van der Waals surface area contributed by atoms with Gasteiger partial charge in [-0.25, -0.2) is 0 Å². The van der Waals surface area contributed by atoms with E-state index in [1.165, 1.54) is 0 Å². The maximum atomic E-state index is 12.2. The Morgan fingerprint density at radius 3 is 2.43 bits per heavy atom. The summed E-state index contributed by atoms with van der Waals surface area (Å²) in [6, 6.07) is 18.4. The molecule has 30 heavy (non-hydrogen) atoms. The van der Waals surface area contributed by atoms with Crippen LogP contribution >= 0.6 is 0 Å². The molecule has 0 saturated heterocycles. The fourth-order valence-corrected chi connectivity index (χ4v) is 2.65. The normalized spacial score (nSPS) is 10.4. The van der Waals surface area contributed by atoms with Crippen molar-refractivity contribution >= 4 is 23.2 Å². The molecule has 0 aliphatic heterocycles. The van der Waals surface area contributed by atoms with Gasteiger partial charge in [0.25, 0.3) is 5.91 Å². The SMILES string of the molecule is O=C(NCCNc1ccc(Nc2ccncc2)nn1)c1cc(-c2ccccc2)on1. The summed E-state index contributed by atoms with van der Waals surface area (Å²) in [5.41, 5.74) is 1.98. The molecule has 0 atom stereocenters. The van der Waals surface area contributed by atoms with Gasteiger partial charge >= 0.3 is 0 Å². The Bertz CT molecular complexity index is 1080. The van der Waals surface area contributed by atoms with Crippen LogP contribution in [-0.2, 0) is 0 Å². The number of aromatic nitrogens is 4. The molecular weight excluding hydrogens is 382 g/mol. The van der Waals surface area contributed by atoms with Gasteiger partial charge in [0.15, 0.2) is 17.3 Å². The van der Waals surface area contributed by atoms with Crippen LogP contribution in [0.5, 0.6) is 0 Å². The summed E-state index contributed by atoms with van der Waals surface area (Å²) >= 11 is 0. The lowest BCUT2D eigenvalue weighted by atomic mass is 10.1. The third-order valence-electron chi connectivity index (χ3n) is 4.14. The van der Waals surface area contributed by atoms with Crippen molar-refractivity contribution in [1.82, 2.24) is 25.7 Å². The second-order valence-electron chi connectivity index (χ2n) is 6.29. The number of hydrogen-bond donors (Lipinski definition) is 3. The van der Waals surface area contributed by atoms with Gasteiger partial charge < -0.3 is 20.5 Å². The van der Waals surface area contributed by atoms with Crippen molar-refractivity contribution in [3.05, 3.63) is 78.8 Å². The summed E-state index contributed by atoms with van der Waals surface area (Å²) in [5.74, 6) is 1.48. The summed E-state index contributed by atoms with van der Waals surface area (Å²) in [4.78, 5) is 16.2. The maximum absolute atomic E-state index is 12.2. The van der Waals surface area contributed by atoms with Crippen molar-refractivity contribution in [2.75, 3.05) is 23.7 Å². The highest BCUT2D eigenvalue weighted by atomic mass is 16.5. The number of nitrogens with one attached hydrogen (secondary N) is 3. The predicted molar refractivity (Wildman–Crippen MR) is 112 cm³/mol. The van der Waals surface area contributed by atoms with E-state index in [0.717, 1.165) is 11.3 Å². The van der Waals surface area contributed by atoms with Crippen LogP contribution in [0, 0.1) is 0 Å². The topological polar surface area (TPSA) is 118 Å². The molecule has 9 heteroatoms. The van der Waals surface area contributed by atoms with Gasteiger partial charge in [0.1, 0.15) is 5.82 Å². The van der Waals surface area contributed by atoms with Gasteiger partial charge in [-0.15, -0.1) is 10.2 Å². The molecule has 0 fully saturated rings. The highest BCUT2D eigenvalue weighted by Gasteiger charge is 2.13. The molecule has 4 aromatic rings.